The Morgan fingerprint density at radius 3 is 2.30 bits per heavy atom. The fourth-order valence-electron chi connectivity index (χ4n) is 3.65. The Morgan fingerprint density at radius 1 is 0.970 bits per heavy atom. The zero-order chi connectivity index (χ0) is 24.0. The highest BCUT2D eigenvalue weighted by Crippen LogP contribution is 2.21. The lowest BCUT2D eigenvalue weighted by atomic mass is 10.3. The van der Waals surface area contributed by atoms with E-state index in [9.17, 15) is 19.2 Å². The molecule has 0 bridgehead atoms. The first-order chi connectivity index (χ1) is 15.6. The van der Waals surface area contributed by atoms with Crippen molar-refractivity contribution in [2.45, 2.75) is 12.1 Å². The summed E-state index contributed by atoms with van der Waals surface area (Å²) in [4.78, 5) is 54.7. The largest absolute Gasteiger partial charge is 0.332 e. The zero-order valence-corrected chi connectivity index (χ0v) is 19.6. The highest BCUT2D eigenvalue weighted by molar-refractivity contribution is 7.99. The first-order valence-corrected chi connectivity index (χ1v) is 11.0. The van der Waals surface area contributed by atoms with E-state index >= 15 is 0 Å². The number of anilines is 1. The predicted molar refractivity (Wildman–Crippen MR) is 126 cm³/mol. The number of fused-ring (bicyclic) bond motifs is 1. The van der Waals surface area contributed by atoms with Crippen molar-refractivity contribution in [2.75, 3.05) is 11.1 Å². The van der Waals surface area contributed by atoms with Crippen molar-refractivity contribution in [3.8, 4) is 5.69 Å². The molecular weight excluding hydrogens is 446 g/mol. The Balaban J connectivity index is 1.59. The Kier molecular flexibility index (Phi) is 5.62. The van der Waals surface area contributed by atoms with Gasteiger partial charge in [-0.2, -0.15) is 0 Å². The van der Waals surface area contributed by atoms with Gasteiger partial charge in [-0.25, -0.2) is 14.5 Å². The van der Waals surface area contributed by atoms with E-state index in [0.29, 0.717) is 16.5 Å². The van der Waals surface area contributed by atoms with Crippen LogP contribution in [0.2, 0.25) is 0 Å². The Labute approximate surface area is 191 Å². The van der Waals surface area contributed by atoms with Gasteiger partial charge in [-0.05, 0) is 19.1 Å². The first kappa shape index (κ1) is 22.4. The number of carbonyl (C=O) groups excluding carboxylic acids is 1. The smallest absolute Gasteiger partial charge is 0.319 e. The second-order valence-corrected chi connectivity index (χ2v) is 8.55. The van der Waals surface area contributed by atoms with E-state index in [0.717, 1.165) is 16.3 Å². The molecule has 12 heteroatoms. The molecule has 1 aromatic carbocycles. The summed E-state index contributed by atoms with van der Waals surface area (Å²) in [5.41, 5.74) is 0.757. The topological polar surface area (TPSA) is 118 Å². The maximum absolute atomic E-state index is 13.0. The Bertz CT molecular complexity index is 1570. The van der Waals surface area contributed by atoms with Crippen molar-refractivity contribution in [1.82, 2.24) is 28.0 Å². The van der Waals surface area contributed by atoms with Crippen LogP contribution in [0.25, 0.3) is 16.9 Å². The van der Waals surface area contributed by atoms with E-state index in [-0.39, 0.29) is 34.1 Å². The van der Waals surface area contributed by atoms with Crippen LogP contribution in [0.15, 0.2) is 49.9 Å². The predicted octanol–water partition coefficient (Wildman–Crippen LogP) is 0.499. The molecular formula is C21H23N7O4S. The molecule has 0 unspecified atom stereocenters. The van der Waals surface area contributed by atoms with Crippen LogP contribution >= 0.6 is 11.8 Å². The SMILES string of the molecule is Cc1c(NC(=O)CSc2nc3c(c(=O)n(C)c(=O)n3C)n2C)c(=O)n(-c2ccccc2)n1C. The number of thioether (sulfide) groups is 1. The summed E-state index contributed by atoms with van der Waals surface area (Å²) in [6, 6.07) is 9.15. The van der Waals surface area contributed by atoms with E-state index in [1.165, 1.54) is 23.3 Å². The van der Waals surface area contributed by atoms with E-state index < -0.39 is 11.2 Å². The van der Waals surface area contributed by atoms with Gasteiger partial charge in [-0.1, -0.05) is 30.0 Å². The lowest BCUT2D eigenvalue weighted by molar-refractivity contribution is -0.113. The molecule has 3 heterocycles. The zero-order valence-electron chi connectivity index (χ0n) is 18.8. The minimum Gasteiger partial charge on any atom is -0.319 e. The molecule has 1 N–H and O–H groups in total. The molecule has 172 valence electrons. The average Bonchev–Trinajstić information content (AvgIpc) is 3.24. The van der Waals surface area contributed by atoms with Gasteiger partial charge in [0.25, 0.3) is 11.1 Å². The number of amides is 1. The fraction of sp³-hybridized carbons (Fsp3) is 0.286. The third-order valence-electron chi connectivity index (χ3n) is 5.59. The molecule has 0 atom stereocenters. The second-order valence-electron chi connectivity index (χ2n) is 7.60. The summed E-state index contributed by atoms with van der Waals surface area (Å²) in [6.07, 6.45) is 0. The van der Waals surface area contributed by atoms with E-state index in [2.05, 4.69) is 10.3 Å². The highest BCUT2D eigenvalue weighted by atomic mass is 32.2. The van der Waals surface area contributed by atoms with Crippen molar-refractivity contribution in [3.05, 3.63) is 67.2 Å². The average molecular weight is 470 g/mol. The molecule has 33 heavy (non-hydrogen) atoms. The first-order valence-electron chi connectivity index (χ1n) is 10.0. The van der Waals surface area contributed by atoms with Gasteiger partial charge < -0.3 is 9.88 Å². The number of nitrogens with zero attached hydrogens (tertiary/aromatic N) is 6. The normalized spacial score (nSPS) is 11.3. The molecule has 0 fully saturated rings. The van der Waals surface area contributed by atoms with Crippen molar-refractivity contribution in [1.29, 1.82) is 0 Å². The minimum atomic E-state index is -0.478. The van der Waals surface area contributed by atoms with Gasteiger partial charge in [0.2, 0.25) is 5.91 Å². The molecule has 4 rings (SSSR count). The van der Waals surface area contributed by atoms with Gasteiger partial charge in [-0.3, -0.25) is 28.2 Å². The van der Waals surface area contributed by atoms with Gasteiger partial charge in [0.05, 0.1) is 17.1 Å². The van der Waals surface area contributed by atoms with E-state index in [4.69, 9.17) is 0 Å². The van der Waals surface area contributed by atoms with Gasteiger partial charge in [-0.15, -0.1) is 0 Å². The van der Waals surface area contributed by atoms with Gasteiger partial charge in [0.15, 0.2) is 16.3 Å². The lowest BCUT2D eigenvalue weighted by Crippen LogP contribution is -2.37. The lowest BCUT2D eigenvalue weighted by Gasteiger charge is -2.07. The Morgan fingerprint density at radius 2 is 1.64 bits per heavy atom. The van der Waals surface area contributed by atoms with Crippen molar-refractivity contribution in [2.24, 2.45) is 28.2 Å². The maximum atomic E-state index is 13.0. The van der Waals surface area contributed by atoms with Gasteiger partial charge in [0.1, 0.15) is 5.69 Å². The second kappa shape index (κ2) is 8.28. The third-order valence-corrected chi connectivity index (χ3v) is 6.62. The van der Waals surface area contributed by atoms with E-state index in [1.807, 2.05) is 30.3 Å². The number of carbonyl (C=O) groups is 1. The molecule has 0 spiro atoms. The summed E-state index contributed by atoms with van der Waals surface area (Å²) >= 11 is 1.11. The number of nitrogens with one attached hydrogen (secondary N) is 1. The molecule has 0 radical (unpaired) electrons. The van der Waals surface area contributed by atoms with Gasteiger partial charge >= 0.3 is 5.69 Å². The number of para-hydroxylation sites is 1. The number of hydrogen-bond acceptors (Lipinski definition) is 6. The molecule has 0 aliphatic carbocycles. The van der Waals surface area contributed by atoms with E-state index in [1.54, 1.807) is 30.3 Å². The number of aromatic nitrogens is 6. The van der Waals surface area contributed by atoms with Crippen LogP contribution in [0.3, 0.4) is 0 Å². The monoisotopic (exact) mass is 469 g/mol. The fourth-order valence-corrected chi connectivity index (χ4v) is 4.41. The highest BCUT2D eigenvalue weighted by Gasteiger charge is 2.20. The van der Waals surface area contributed by atoms with Crippen molar-refractivity contribution < 1.29 is 4.79 Å². The van der Waals surface area contributed by atoms with Crippen LogP contribution in [0.4, 0.5) is 5.69 Å². The van der Waals surface area contributed by atoms with Crippen LogP contribution in [-0.2, 0) is 33.0 Å². The number of rotatable bonds is 5. The third kappa shape index (κ3) is 3.61. The molecule has 3 aromatic heterocycles. The van der Waals surface area contributed by atoms with Gasteiger partial charge in [0, 0.05) is 28.2 Å². The molecule has 0 aliphatic rings. The molecule has 0 saturated heterocycles. The molecule has 1 amide bonds. The van der Waals surface area contributed by atoms with Crippen LogP contribution in [0.5, 0.6) is 0 Å². The molecule has 11 nitrogen and oxygen atoms in total. The number of hydrogen-bond donors (Lipinski definition) is 1. The van der Waals surface area contributed by atoms with Crippen molar-refractivity contribution >= 4 is 34.5 Å². The summed E-state index contributed by atoms with van der Waals surface area (Å²) in [6.45, 7) is 1.76. The van der Waals surface area contributed by atoms with Crippen LogP contribution in [0, 0.1) is 6.92 Å². The molecule has 0 aliphatic heterocycles. The van der Waals surface area contributed by atoms with Crippen LogP contribution in [-0.4, -0.2) is 39.7 Å². The summed E-state index contributed by atoms with van der Waals surface area (Å²) in [5.74, 6) is -0.426. The quantitative estimate of drug-likeness (QED) is 0.426. The maximum Gasteiger partial charge on any atom is 0.332 e. The molecule has 0 saturated carbocycles. The number of imidazole rings is 1. The van der Waals surface area contributed by atoms with Crippen molar-refractivity contribution in [3.63, 3.8) is 0 Å². The minimum absolute atomic E-state index is 0.0372. The summed E-state index contributed by atoms with van der Waals surface area (Å²) < 4.78 is 7.04. The molecule has 4 aromatic rings. The number of benzene rings is 1. The summed E-state index contributed by atoms with van der Waals surface area (Å²) in [7, 11) is 6.34. The van der Waals surface area contributed by atoms with Crippen LogP contribution in [0.1, 0.15) is 5.69 Å². The number of aryl methyl sites for hydroxylation is 2. The standard InChI is InChI=1S/C21H23N7O4S/c1-12-15(18(30)28(27(12)5)13-9-7-6-8-10-13)22-14(29)11-33-20-23-17-16(24(20)2)19(31)26(4)21(32)25(17)3/h6-10H,11H2,1-5H3,(H,22,29). The Hall–Kier alpha value is -3.80. The van der Waals surface area contributed by atoms with Crippen LogP contribution < -0.4 is 22.1 Å². The summed E-state index contributed by atoms with van der Waals surface area (Å²) in [5, 5.41) is 3.11.